The summed E-state index contributed by atoms with van der Waals surface area (Å²) in [5.74, 6) is 0. The van der Waals surface area contributed by atoms with E-state index in [1.165, 1.54) is 28.6 Å². The van der Waals surface area contributed by atoms with Crippen molar-refractivity contribution in [3.05, 3.63) is 47.8 Å². The summed E-state index contributed by atoms with van der Waals surface area (Å²) in [7, 11) is -3.10. The van der Waals surface area contributed by atoms with E-state index in [9.17, 15) is 13.5 Å². The molecule has 9 heteroatoms. The number of aliphatic hydroxyl groups is 1. The van der Waals surface area contributed by atoms with Gasteiger partial charge in [0.25, 0.3) is 0 Å². The van der Waals surface area contributed by atoms with Crippen LogP contribution in [-0.2, 0) is 21.6 Å². The molecule has 174 valence electrons. The Hall–Kier alpha value is -1.52. The van der Waals surface area contributed by atoms with Gasteiger partial charge < -0.3 is 9.84 Å². The maximum atomic E-state index is 13.2. The quantitative estimate of drug-likeness (QED) is 0.428. The van der Waals surface area contributed by atoms with E-state index in [0.29, 0.717) is 37.2 Å². The fourth-order valence-electron chi connectivity index (χ4n) is 3.02. The molecule has 0 aliphatic heterocycles. The van der Waals surface area contributed by atoms with Gasteiger partial charge in [-0.15, -0.1) is 0 Å². The lowest BCUT2D eigenvalue weighted by Crippen LogP contribution is -2.56. The van der Waals surface area contributed by atoms with Crippen molar-refractivity contribution < 1.29 is 18.3 Å². The smallest absolute Gasteiger partial charge is 0.308 e. The Morgan fingerprint density at radius 3 is 2.35 bits per heavy atom. The molecule has 2 rings (SSSR count). The van der Waals surface area contributed by atoms with Crippen LogP contribution >= 0.6 is 0 Å². The molecule has 1 aromatic heterocycles. The lowest BCUT2D eigenvalue weighted by molar-refractivity contribution is 0.0959. The van der Waals surface area contributed by atoms with Crippen LogP contribution in [-0.4, -0.2) is 55.6 Å². The normalized spacial score (nSPS) is 14.2. The highest BCUT2D eigenvalue weighted by Gasteiger charge is 2.44. The van der Waals surface area contributed by atoms with Gasteiger partial charge in [-0.3, -0.25) is 0 Å². The van der Waals surface area contributed by atoms with Crippen LogP contribution in [0.4, 0.5) is 0 Å². The topological polar surface area (TPSA) is 84.7 Å². The Kier molecular flexibility index (Phi) is 8.26. The van der Waals surface area contributed by atoms with Gasteiger partial charge in [-0.1, -0.05) is 64.2 Å². The number of imidazole rings is 1. The van der Waals surface area contributed by atoms with Crippen LogP contribution in [0.15, 0.2) is 36.5 Å². The third-order valence-corrected chi connectivity index (χ3v) is 13.2. The third-order valence-electron chi connectivity index (χ3n) is 6.09. The van der Waals surface area contributed by atoms with Gasteiger partial charge in [-0.2, -0.15) is 12.7 Å². The van der Waals surface area contributed by atoms with Crippen molar-refractivity contribution in [1.29, 1.82) is 0 Å². The highest BCUT2D eigenvalue weighted by Crippen LogP contribution is 2.36. The number of aliphatic hydroxyl groups excluding tert-OH is 1. The molecular formula is C22H37N3O4SSi. The highest BCUT2D eigenvalue weighted by molar-refractivity contribution is 7.87. The average Bonchev–Trinajstić information content (AvgIpc) is 3.14. The Bertz CT molecular complexity index is 951. The molecule has 0 saturated carbocycles. The Morgan fingerprint density at radius 2 is 1.81 bits per heavy atom. The van der Waals surface area contributed by atoms with E-state index in [1.807, 2.05) is 30.3 Å². The average molecular weight is 468 g/mol. The van der Waals surface area contributed by atoms with Crippen molar-refractivity contribution >= 4 is 23.7 Å². The molecule has 1 heterocycles. The van der Waals surface area contributed by atoms with E-state index in [0.717, 1.165) is 5.56 Å². The van der Waals surface area contributed by atoms with Gasteiger partial charge in [0, 0.05) is 20.7 Å². The van der Waals surface area contributed by atoms with E-state index < -0.39 is 24.4 Å². The zero-order valence-corrected chi connectivity index (χ0v) is 21.6. The Labute approximate surface area is 188 Å². The van der Waals surface area contributed by atoms with Crippen molar-refractivity contribution in [2.24, 2.45) is 0 Å². The van der Waals surface area contributed by atoms with Crippen LogP contribution in [0.1, 0.15) is 51.0 Å². The first kappa shape index (κ1) is 25.7. The van der Waals surface area contributed by atoms with E-state index in [1.54, 1.807) is 0 Å². The molecule has 0 aliphatic carbocycles. The second-order valence-corrected chi connectivity index (χ2v) is 16.8. The predicted molar refractivity (Wildman–Crippen MR) is 127 cm³/mol. The van der Waals surface area contributed by atoms with Gasteiger partial charge in [0.2, 0.25) is 0 Å². The Morgan fingerprint density at radius 1 is 1.19 bits per heavy atom. The fraction of sp³-hybridized carbons (Fsp3) is 0.591. The summed E-state index contributed by atoms with van der Waals surface area (Å²) in [5.41, 5.74) is 1.97. The number of benzene rings is 1. The number of ether oxygens (including phenoxy) is 1. The molecular weight excluding hydrogens is 430 g/mol. The number of nitrogens with zero attached hydrogens (tertiary/aromatic N) is 3. The van der Waals surface area contributed by atoms with Crippen molar-refractivity contribution in [2.75, 3.05) is 20.7 Å². The number of hydrogen-bond donors (Lipinski definition) is 1. The second kappa shape index (κ2) is 9.95. The molecule has 0 bridgehead atoms. The molecule has 0 spiro atoms. The molecule has 1 unspecified atom stereocenters. The van der Waals surface area contributed by atoms with Crippen LogP contribution in [0, 0.1) is 0 Å². The summed E-state index contributed by atoms with van der Waals surface area (Å²) in [6.45, 7) is 11.6. The SMILES string of the molecule is CN(C)S(=O)(=O)n1c(C(O)CCCOCc2ccccc2)cnc1[Si](C)(C)C(C)(C)C. The molecule has 0 fully saturated rings. The lowest BCUT2D eigenvalue weighted by Gasteiger charge is -2.36. The van der Waals surface area contributed by atoms with Gasteiger partial charge in [0.05, 0.1) is 24.6 Å². The van der Waals surface area contributed by atoms with Crippen molar-refractivity contribution in [3.63, 3.8) is 0 Å². The first-order chi connectivity index (χ1) is 14.3. The number of aromatic nitrogens is 2. The lowest BCUT2D eigenvalue weighted by atomic mass is 10.1. The van der Waals surface area contributed by atoms with Crippen LogP contribution in [0.2, 0.25) is 18.1 Å². The van der Waals surface area contributed by atoms with E-state index in [2.05, 4.69) is 38.8 Å². The van der Waals surface area contributed by atoms with Crippen molar-refractivity contribution in [2.45, 2.75) is 64.5 Å². The van der Waals surface area contributed by atoms with Gasteiger partial charge in [0.1, 0.15) is 13.5 Å². The second-order valence-electron chi connectivity index (χ2n) is 9.63. The molecule has 0 amide bonds. The van der Waals surface area contributed by atoms with Crippen molar-refractivity contribution in [3.8, 4) is 0 Å². The molecule has 0 aliphatic rings. The molecule has 0 radical (unpaired) electrons. The molecule has 1 N–H and O–H groups in total. The zero-order chi connectivity index (χ0) is 23.4. The van der Waals surface area contributed by atoms with Gasteiger partial charge >= 0.3 is 10.2 Å². The molecule has 1 atom stereocenters. The summed E-state index contributed by atoms with van der Waals surface area (Å²) < 4.78 is 34.5. The van der Waals surface area contributed by atoms with Gasteiger partial charge in [-0.25, -0.2) is 8.96 Å². The standard InChI is InChI=1S/C22H37N3O4SSi/c1-22(2,3)31(6,7)21-23-16-19(25(21)30(27,28)24(4)5)20(26)14-11-15-29-17-18-12-9-8-10-13-18/h8-10,12-13,16,20,26H,11,14-15,17H2,1-7H3. The predicted octanol–water partition coefficient (Wildman–Crippen LogP) is 3.28. The summed E-state index contributed by atoms with van der Waals surface area (Å²) in [6.07, 6.45) is 1.57. The summed E-state index contributed by atoms with van der Waals surface area (Å²) in [5, 5.41) is 10.8. The molecule has 0 saturated heterocycles. The highest BCUT2D eigenvalue weighted by atomic mass is 32.2. The first-order valence-electron chi connectivity index (χ1n) is 10.6. The van der Waals surface area contributed by atoms with E-state index in [4.69, 9.17) is 4.74 Å². The van der Waals surface area contributed by atoms with E-state index in [-0.39, 0.29) is 5.04 Å². The van der Waals surface area contributed by atoms with Crippen molar-refractivity contribution in [1.82, 2.24) is 13.3 Å². The van der Waals surface area contributed by atoms with E-state index >= 15 is 0 Å². The first-order valence-corrected chi connectivity index (χ1v) is 15.0. The summed E-state index contributed by atoms with van der Waals surface area (Å²) in [4.78, 5) is 4.54. The minimum atomic E-state index is -3.82. The van der Waals surface area contributed by atoms with Crippen LogP contribution < -0.4 is 5.45 Å². The van der Waals surface area contributed by atoms with Crippen LogP contribution in [0.5, 0.6) is 0 Å². The fourth-order valence-corrected chi connectivity index (χ4v) is 6.78. The Balaban J connectivity index is 2.19. The van der Waals surface area contributed by atoms with Crippen LogP contribution in [0.3, 0.4) is 0 Å². The van der Waals surface area contributed by atoms with Gasteiger partial charge in [-0.05, 0) is 23.4 Å². The summed E-state index contributed by atoms with van der Waals surface area (Å²) >= 11 is 0. The zero-order valence-electron chi connectivity index (χ0n) is 19.8. The van der Waals surface area contributed by atoms with Crippen LogP contribution in [0.25, 0.3) is 0 Å². The third kappa shape index (κ3) is 5.84. The number of rotatable bonds is 10. The number of hydrogen-bond acceptors (Lipinski definition) is 5. The summed E-state index contributed by atoms with van der Waals surface area (Å²) in [6, 6.07) is 9.90. The van der Waals surface area contributed by atoms with Gasteiger partial charge in [0.15, 0.2) is 0 Å². The molecule has 1 aromatic carbocycles. The maximum Gasteiger partial charge on any atom is 0.308 e. The minimum Gasteiger partial charge on any atom is -0.387 e. The molecule has 2 aromatic rings. The maximum absolute atomic E-state index is 13.2. The monoisotopic (exact) mass is 467 g/mol. The minimum absolute atomic E-state index is 0.106. The molecule has 31 heavy (non-hydrogen) atoms. The molecule has 7 nitrogen and oxygen atoms in total. The largest absolute Gasteiger partial charge is 0.387 e.